The zero-order valence-electron chi connectivity index (χ0n) is 11.1. The largest absolute Gasteiger partial charge is 0.355 e. The third kappa shape index (κ3) is 2.58. The maximum atomic E-state index is 6.02. The van der Waals surface area contributed by atoms with Crippen molar-refractivity contribution in [2.45, 2.75) is 6.54 Å². The maximum Gasteiger partial charge on any atom is 0.224 e. The van der Waals surface area contributed by atoms with Crippen LogP contribution in [0.3, 0.4) is 0 Å². The fraction of sp³-hybridized carbons (Fsp3) is 0.125. The Morgan fingerprint density at radius 1 is 0.950 bits per heavy atom. The molecule has 0 saturated heterocycles. The summed E-state index contributed by atoms with van der Waals surface area (Å²) in [6.45, 7) is 0.776. The summed E-state index contributed by atoms with van der Waals surface area (Å²) >= 11 is 6.02. The van der Waals surface area contributed by atoms with Crippen molar-refractivity contribution in [1.29, 1.82) is 0 Å². The van der Waals surface area contributed by atoms with E-state index < -0.39 is 0 Å². The Balaban J connectivity index is 2.01. The van der Waals surface area contributed by atoms with Crippen LogP contribution in [0.1, 0.15) is 5.56 Å². The van der Waals surface area contributed by atoms with E-state index in [-0.39, 0.29) is 5.28 Å². The van der Waals surface area contributed by atoms with Gasteiger partial charge in [-0.2, -0.15) is 4.98 Å². The van der Waals surface area contributed by atoms with Gasteiger partial charge in [-0.3, -0.25) is 0 Å². The second kappa shape index (κ2) is 5.47. The highest BCUT2D eigenvalue weighted by molar-refractivity contribution is 6.28. The number of rotatable bonds is 3. The van der Waals surface area contributed by atoms with Crippen molar-refractivity contribution in [1.82, 2.24) is 9.97 Å². The first-order valence-corrected chi connectivity index (χ1v) is 6.79. The topological polar surface area (TPSA) is 29.0 Å². The molecule has 0 aliphatic carbocycles. The molecule has 3 rings (SSSR count). The molecule has 0 fully saturated rings. The highest BCUT2D eigenvalue weighted by Gasteiger charge is 2.10. The van der Waals surface area contributed by atoms with Crippen molar-refractivity contribution in [3.05, 3.63) is 65.4 Å². The van der Waals surface area contributed by atoms with E-state index in [1.807, 2.05) is 49.5 Å². The quantitative estimate of drug-likeness (QED) is 0.682. The summed E-state index contributed by atoms with van der Waals surface area (Å²) in [6, 6.07) is 18.2. The molecule has 20 heavy (non-hydrogen) atoms. The number of nitrogens with zero attached hydrogens (tertiary/aromatic N) is 3. The molecule has 0 N–H and O–H groups in total. The van der Waals surface area contributed by atoms with Crippen LogP contribution in [-0.2, 0) is 6.54 Å². The highest BCUT2D eigenvalue weighted by Crippen LogP contribution is 2.25. The number of fused-ring (bicyclic) bond motifs is 1. The van der Waals surface area contributed by atoms with E-state index in [1.54, 1.807) is 0 Å². The fourth-order valence-corrected chi connectivity index (χ4v) is 2.43. The maximum absolute atomic E-state index is 6.02. The van der Waals surface area contributed by atoms with Gasteiger partial charge in [-0.25, -0.2) is 4.98 Å². The average molecular weight is 284 g/mol. The summed E-state index contributed by atoms with van der Waals surface area (Å²) < 4.78 is 0. The molecular formula is C16H14ClN3. The molecule has 0 amide bonds. The molecule has 3 aromatic rings. The monoisotopic (exact) mass is 283 g/mol. The second-order valence-electron chi connectivity index (χ2n) is 4.68. The molecule has 0 bridgehead atoms. The van der Waals surface area contributed by atoms with Gasteiger partial charge in [-0.1, -0.05) is 42.5 Å². The number of halogens is 1. The van der Waals surface area contributed by atoms with Gasteiger partial charge in [-0.15, -0.1) is 0 Å². The first-order chi connectivity index (χ1) is 9.74. The molecule has 1 heterocycles. The molecule has 100 valence electrons. The molecule has 1 aromatic heterocycles. The van der Waals surface area contributed by atoms with Crippen molar-refractivity contribution in [2.24, 2.45) is 0 Å². The first kappa shape index (κ1) is 12.9. The standard InChI is InChI=1S/C16H14ClN3/c1-20(11-12-7-3-2-4-8-12)15-13-9-5-6-10-14(13)18-16(17)19-15/h2-10H,11H2,1H3. The van der Waals surface area contributed by atoms with Crippen molar-refractivity contribution in [3.8, 4) is 0 Å². The zero-order chi connectivity index (χ0) is 13.9. The number of para-hydroxylation sites is 1. The molecule has 0 atom stereocenters. The molecule has 3 nitrogen and oxygen atoms in total. The summed E-state index contributed by atoms with van der Waals surface area (Å²) in [5.74, 6) is 0.851. The van der Waals surface area contributed by atoms with Gasteiger partial charge in [0.05, 0.1) is 5.52 Å². The van der Waals surface area contributed by atoms with Crippen molar-refractivity contribution >= 4 is 28.3 Å². The molecule has 0 spiro atoms. The summed E-state index contributed by atoms with van der Waals surface area (Å²) in [5, 5.41) is 1.29. The number of hydrogen-bond donors (Lipinski definition) is 0. The number of anilines is 1. The first-order valence-electron chi connectivity index (χ1n) is 6.41. The lowest BCUT2D eigenvalue weighted by Crippen LogP contribution is -2.18. The van der Waals surface area contributed by atoms with Gasteiger partial charge in [0.1, 0.15) is 5.82 Å². The van der Waals surface area contributed by atoms with E-state index >= 15 is 0 Å². The average Bonchev–Trinajstić information content (AvgIpc) is 2.47. The predicted molar refractivity (Wildman–Crippen MR) is 83.1 cm³/mol. The van der Waals surface area contributed by atoms with Crippen LogP contribution >= 0.6 is 11.6 Å². The Kier molecular flexibility index (Phi) is 3.52. The highest BCUT2D eigenvalue weighted by atomic mass is 35.5. The van der Waals surface area contributed by atoms with Crippen LogP contribution in [0.5, 0.6) is 0 Å². The Morgan fingerprint density at radius 2 is 1.65 bits per heavy atom. The van der Waals surface area contributed by atoms with Gasteiger partial charge in [0.2, 0.25) is 5.28 Å². The molecule has 0 aliphatic heterocycles. The Hall–Kier alpha value is -2.13. The lowest BCUT2D eigenvalue weighted by atomic mass is 10.2. The van der Waals surface area contributed by atoms with Gasteiger partial charge < -0.3 is 4.90 Å². The van der Waals surface area contributed by atoms with Crippen LogP contribution in [0.2, 0.25) is 5.28 Å². The predicted octanol–water partition coefficient (Wildman–Crippen LogP) is 3.92. The minimum Gasteiger partial charge on any atom is -0.355 e. The zero-order valence-corrected chi connectivity index (χ0v) is 11.9. The Bertz CT molecular complexity index is 728. The number of hydrogen-bond acceptors (Lipinski definition) is 3. The van der Waals surface area contributed by atoms with Crippen LogP contribution in [0.4, 0.5) is 5.82 Å². The number of aromatic nitrogens is 2. The molecule has 0 radical (unpaired) electrons. The minimum atomic E-state index is 0.276. The van der Waals surface area contributed by atoms with E-state index in [1.165, 1.54) is 5.56 Å². The van der Waals surface area contributed by atoms with Gasteiger partial charge in [0.25, 0.3) is 0 Å². The van der Waals surface area contributed by atoms with Crippen LogP contribution in [0, 0.1) is 0 Å². The van der Waals surface area contributed by atoms with Crippen LogP contribution in [0.15, 0.2) is 54.6 Å². The fourth-order valence-electron chi connectivity index (χ4n) is 2.26. The molecule has 4 heteroatoms. The molecular weight excluding hydrogens is 270 g/mol. The van der Waals surface area contributed by atoms with Gasteiger partial charge >= 0.3 is 0 Å². The number of benzene rings is 2. The van der Waals surface area contributed by atoms with E-state index in [0.717, 1.165) is 23.3 Å². The lowest BCUT2D eigenvalue weighted by Gasteiger charge is -2.20. The van der Waals surface area contributed by atoms with Crippen LogP contribution < -0.4 is 4.90 Å². The molecule has 2 aromatic carbocycles. The third-order valence-electron chi connectivity index (χ3n) is 3.18. The Morgan fingerprint density at radius 3 is 2.45 bits per heavy atom. The normalized spacial score (nSPS) is 10.7. The molecule has 0 aliphatic rings. The van der Waals surface area contributed by atoms with E-state index in [0.29, 0.717) is 0 Å². The van der Waals surface area contributed by atoms with Gasteiger partial charge in [-0.05, 0) is 29.3 Å². The molecule has 0 unspecified atom stereocenters. The van der Waals surface area contributed by atoms with Gasteiger partial charge in [0, 0.05) is 19.0 Å². The van der Waals surface area contributed by atoms with Crippen LogP contribution in [-0.4, -0.2) is 17.0 Å². The van der Waals surface area contributed by atoms with E-state index in [2.05, 4.69) is 27.0 Å². The Labute approximate surface area is 122 Å². The summed E-state index contributed by atoms with van der Waals surface area (Å²) in [5.41, 5.74) is 2.09. The van der Waals surface area contributed by atoms with Crippen molar-refractivity contribution in [3.63, 3.8) is 0 Å². The van der Waals surface area contributed by atoms with E-state index in [9.17, 15) is 0 Å². The molecule has 0 saturated carbocycles. The van der Waals surface area contributed by atoms with Crippen molar-refractivity contribution < 1.29 is 0 Å². The van der Waals surface area contributed by atoms with Crippen molar-refractivity contribution in [2.75, 3.05) is 11.9 Å². The van der Waals surface area contributed by atoms with Gasteiger partial charge in [0.15, 0.2) is 0 Å². The second-order valence-corrected chi connectivity index (χ2v) is 5.01. The summed E-state index contributed by atoms with van der Waals surface area (Å²) in [6.07, 6.45) is 0. The lowest BCUT2D eigenvalue weighted by molar-refractivity contribution is 0.900. The smallest absolute Gasteiger partial charge is 0.224 e. The third-order valence-corrected chi connectivity index (χ3v) is 3.35. The van der Waals surface area contributed by atoms with Crippen LogP contribution in [0.25, 0.3) is 10.9 Å². The van der Waals surface area contributed by atoms with E-state index in [4.69, 9.17) is 11.6 Å². The summed E-state index contributed by atoms with van der Waals surface area (Å²) in [7, 11) is 2.01. The SMILES string of the molecule is CN(Cc1ccccc1)c1nc(Cl)nc2ccccc12. The summed E-state index contributed by atoms with van der Waals surface area (Å²) in [4.78, 5) is 10.7. The minimum absolute atomic E-state index is 0.276.